The SMILES string of the molecule is Cn1nc(OC(Cl)(Cl)C(Cl)=C(Cl)Cl)c(C(F)(F)F)c1-n1cc(-c2ccc(Cl)c(C(=O)CC3(C#N)CC3)c2)cn1. The number of carbonyl (C=O) groups excluding carboxylic acids is 1. The molecule has 0 atom stereocenters. The van der Waals surface area contributed by atoms with Crippen LogP contribution >= 0.6 is 69.6 Å². The topological polar surface area (TPSA) is 85.7 Å². The fourth-order valence-electron chi connectivity index (χ4n) is 3.74. The number of ketones is 1. The van der Waals surface area contributed by atoms with Crippen LogP contribution in [0.3, 0.4) is 0 Å². The van der Waals surface area contributed by atoms with E-state index in [1.807, 2.05) is 0 Å². The fourth-order valence-corrected chi connectivity index (χ4v) is 4.79. The van der Waals surface area contributed by atoms with Gasteiger partial charge >= 0.3 is 6.18 Å². The Kier molecular flexibility index (Phi) is 8.18. The second-order valence-electron chi connectivity index (χ2n) is 8.68. The number of nitriles is 1. The molecule has 1 fully saturated rings. The fraction of sp³-hybridized carbons (Fsp3) is 0.304. The van der Waals surface area contributed by atoms with E-state index in [9.17, 15) is 23.2 Å². The Morgan fingerprint density at radius 2 is 1.87 bits per heavy atom. The predicted octanol–water partition coefficient (Wildman–Crippen LogP) is 8.22. The summed E-state index contributed by atoms with van der Waals surface area (Å²) < 4.78 is 46.2. The van der Waals surface area contributed by atoms with Crippen molar-refractivity contribution < 1.29 is 22.7 Å². The summed E-state index contributed by atoms with van der Waals surface area (Å²) in [7, 11) is 1.22. The van der Waals surface area contributed by atoms with Gasteiger partial charge in [0, 0.05) is 30.8 Å². The van der Waals surface area contributed by atoms with E-state index in [4.69, 9.17) is 74.3 Å². The maximum atomic E-state index is 14.2. The van der Waals surface area contributed by atoms with Crippen LogP contribution in [0, 0.1) is 16.7 Å². The van der Waals surface area contributed by atoms with Gasteiger partial charge in [0.15, 0.2) is 17.2 Å². The maximum absolute atomic E-state index is 14.2. The molecule has 7 nitrogen and oxygen atoms in total. The van der Waals surface area contributed by atoms with E-state index in [-0.39, 0.29) is 22.8 Å². The summed E-state index contributed by atoms with van der Waals surface area (Å²) in [5.41, 5.74) is -1.02. The molecule has 0 saturated heterocycles. The lowest BCUT2D eigenvalue weighted by Gasteiger charge is -2.20. The van der Waals surface area contributed by atoms with E-state index in [0.717, 1.165) is 9.36 Å². The Hall–Kier alpha value is -2.13. The monoisotopic (exact) mass is 659 g/mol. The summed E-state index contributed by atoms with van der Waals surface area (Å²) in [6, 6.07) is 6.74. The quantitative estimate of drug-likeness (QED) is 0.179. The minimum absolute atomic E-state index is 0.0233. The number of carbonyl (C=O) groups is 1. The van der Waals surface area contributed by atoms with Crippen LogP contribution in [0.5, 0.6) is 5.88 Å². The van der Waals surface area contributed by atoms with Gasteiger partial charge in [0.25, 0.3) is 10.4 Å². The molecule has 0 bridgehead atoms. The van der Waals surface area contributed by atoms with E-state index in [1.54, 1.807) is 6.07 Å². The van der Waals surface area contributed by atoms with Crippen LogP contribution in [0.25, 0.3) is 16.9 Å². The predicted molar refractivity (Wildman–Crippen MR) is 142 cm³/mol. The number of rotatable bonds is 8. The second kappa shape index (κ2) is 10.7. The van der Waals surface area contributed by atoms with Crippen molar-refractivity contribution in [2.75, 3.05) is 0 Å². The first-order chi connectivity index (χ1) is 18.1. The van der Waals surface area contributed by atoms with Gasteiger partial charge in [0.1, 0.15) is 9.52 Å². The summed E-state index contributed by atoms with van der Waals surface area (Å²) >= 11 is 35.0. The van der Waals surface area contributed by atoms with Crippen molar-refractivity contribution in [3.63, 3.8) is 0 Å². The summed E-state index contributed by atoms with van der Waals surface area (Å²) in [5, 5.41) is 16.6. The number of ether oxygens (including phenoxy) is 1. The third-order valence-electron chi connectivity index (χ3n) is 5.90. The van der Waals surface area contributed by atoms with Gasteiger partial charge in [-0.2, -0.15) is 23.5 Å². The smallest absolute Gasteiger partial charge is 0.425 e. The summed E-state index contributed by atoms with van der Waals surface area (Å²) in [6.45, 7) is 0. The van der Waals surface area contributed by atoms with Crippen LogP contribution in [-0.4, -0.2) is 29.9 Å². The van der Waals surface area contributed by atoms with Crippen LogP contribution < -0.4 is 4.74 Å². The normalized spacial score (nSPS) is 14.6. The highest BCUT2D eigenvalue weighted by Crippen LogP contribution is 2.49. The van der Waals surface area contributed by atoms with Crippen molar-refractivity contribution in [3.05, 3.63) is 56.3 Å². The van der Waals surface area contributed by atoms with Crippen LogP contribution in [0.1, 0.15) is 35.2 Å². The highest BCUT2D eigenvalue weighted by atomic mass is 35.5. The average Bonchev–Trinajstić information content (AvgIpc) is 3.29. The number of Topliss-reactive ketones (excluding diaryl/α,β-unsaturated/α-hetero) is 1. The standard InChI is InChI=1S/C23H14Cl6F3N5O2/c1-36-20(16(23(30,31)32)19(35-36)39-22(28,29)17(25)18(26)27)37-9-12(8-34-37)11-2-3-14(24)13(6-11)15(38)7-21(10-33)4-5-21/h2-3,6,8-9H,4-5,7H2,1H3. The number of aryl methyl sites for hydroxylation is 1. The summed E-state index contributed by atoms with van der Waals surface area (Å²) in [6.07, 6.45) is -1.13. The third kappa shape index (κ3) is 6.14. The highest BCUT2D eigenvalue weighted by Gasteiger charge is 2.46. The minimum Gasteiger partial charge on any atom is -0.434 e. The largest absolute Gasteiger partial charge is 0.434 e. The molecule has 206 valence electrons. The third-order valence-corrected chi connectivity index (χ3v) is 7.99. The number of hydrogen-bond acceptors (Lipinski definition) is 5. The Bertz CT molecular complexity index is 1530. The molecular weight excluding hydrogens is 648 g/mol. The molecular formula is C23H14Cl6F3N5O2. The maximum Gasteiger partial charge on any atom is 0.425 e. The van der Waals surface area contributed by atoms with Crippen molar-refractivity contribution in [2.45, 2.75) is 30.0 Å². The molecule has 1 aliphatic rings. The molecule has 2 heterocycles. The van der Waals surface area contributed by atoms with Crippen molar-refractivity contribution >= 4 is 75.4 Å². The lowest BCUT2D eigenvalue weighted by molar-refractivity contribution is -0.139. The Labute approximate surface area is 249 Å². The van der Waals surface area contributed by atoms with E-state index < -0.39 is 42.9 Å². The van der Waals surface area contributed by atoms with Gasteiger partial charge in [-0.1, -0.05) is 75.7 Å². The molecule has 3 aromatic rings. The zero-order valence-electron chi connectivity index (χ0n) is 19.5. The molecule has 39 heavy (non-hydrogen) atoms. The van der Waals surface area contributed by atoms with E-state index >= 15 is 0 Å². The first-order valence-electron chi connectivity index (χ1n) is 10.8. The molecule has 16 heteroatoms. The zero-order valence-corrected chi connectivity index (χ0v) is 24.0. The number of nitrogens with zero attached hydrogens (tertiary/aromatic N) is 5. The highest BCUT2D eigenvalue weighted by molar-refractivity contribution is 6.63. The van der Waals surface area contributed by atoms with Crippen molar-refractivity contribution in [1.82, 2.24) is 19.6 Å². The molecule has 0 amide bonds. The first kappa shape index (κ1) is 29.8. The molecule has 4 rings (SSSR count). The van der Waals surface area contributed by atoms with Gasteiger partial charge in [0.2, 0.25) is 0 Å². The Morgan fingerprint density at radius 1 is 1.21 bits per heavy atom. The van der Waals surface area contributed by atoms with Crippen LogP contribution in [-0.2, 0) is 13.2 Å². The van der Waals surface area contributed by atoms with Gasteiger partial charge in [-0.25, -0.2) is 9.36 Å². The van der Waals surface area contributed by atoms with Gasteiger partial charge in [0.05, 0.1) is 22.7 Å². The number of hydrogen-bond donors (Lipinski definition) is 0. The lowest BCUT2D eigenvalue weighted by Crippen LogP contribution is -2.24. The number of halogens is 9. The summed E-state index contributed by atoms with van der Waals surface area (Å²) in [5.74, 6) is -1.86. The molecule has 0 aliphatic heterocycles. The van der Waals surface area contributed by atoms with Crippen LogP contribution in [0.4, 0.5) is 13.2 Å². The number of alkyl halides is 5. The van der Waals surface area contributed by atoms with Gasteiger partial charge in [-0.15, -0.1) is 5.10 Å². The molecule has 1 saturated carbocycles. The number of benzene rings is 1. The molecule has 1 aliphatic carbocycles. The van der Waals surface area contributed by atoms with Crippen LogP contribution in [0.15, 0.2) is 40.1 Å². The lowest BCUT2D eigenvalue weighted by atomic mass is 9.95. The molecule has 0 radical (unpaired) electrons. The van der Waals surface area contributed by atoms with E-state index in [2.05, 4.69) is 16.3 Å². The van der Waals surface area contributed by atoms with Crippen LogP contribution in [0.2, 0.25) is 5.02 Å². The van der Waals surface area contributed by atoms with Crippen molar-refractivity contribution in [2.24, 2.45) is 12.5 Å². The van der Waals surface area contributed by atoms with Gasteiger partial charge in [-0.05, 0) is 30.5 Å². The molecule has 0 spiro atoms. The minimum atomic E-state index is -5.00. The second-order valence-corrected chi connectivity index (χ2v) is 11.7. The average molecular weight is 662 g/mol. The van der Waals surface area contributed by atoms with Crippen molar-refractivity contribution in [3.8, 4) is 28.9 Å². The zero-order chi connectivity index (χ0) is 28.9. The molecule has 1 aromatic carbocycles. The molecule has 0 N–H and O–H groups in total. The molecule has 0 unspecified atom stereocenters. The van der Waals surface area contributed by atoms with E-state index in [0.29, 0.717) is 24.0 Å². The van der Waals surface area contributed by atoms with Gasteiger partial charge < -0.3 is 4.74 Å². The summed E-state index contributed by atoms with van der Waals surface area (Å²) in [4.78, 5) is 12.8. The molecule has 2 aromatic heterocycles. The Balaban J connectivity index is 1.73. The van der Waals surface area contributed by atoms with Gasteiger partial charge in [-0.3, -0.25) is 4.79 Å². The number of aromatic nitrogens is 4. The Morgan fingerprint density at radius 3 is 2.44 bits per heavy atom. The van der Waals surface area contributed by atoms with E-state index in [1.165, 1.54) is 31.6 Å². The van der Waals surface area contributed by atoms with Crippen molar-refractivity contribution in [1.29, 1.82) is 5.26 Å². The first-order valence-corrected chi connectivity index (χ1v) is 13.1.